The van der Waals surface area contributed by atoms with Crippen LogP contribution < -0.4 is 5.32 Å². The Hall–Kier alpha value is -1.98. The van der Waals surface area contributed by atoms with Crippen molar-refractivity contribution in [3.05, 3.63) is 53.6 Å². The van der Waals surface area contributed by atoms with Gasteiger partial charge in [0, 0.05) is 22.5 Å². The number of hydrogen-bond acceptors (Lipinski definition) is 4. The minimum Gasteiger partial charge on any atom is -0.431 e. The Morgan fingerprint density at radius 3 is 2.85 bits per heavy atom. The molecule has 0 bridgehead atoms. The molecule has 0 saturated carbocycles. The van der Waals surface area contributed by atoms with Gasteiger partial charge in [0.1, 0.15) is 5.52 Å². The zero-order valence-corrected chi connectivity index (χ0v) is 11.7. The van der Waals surface area contributed by atoms with Gasteiger partial charge in [0.15, 0.2) is 5.58 Å². The van der Waals surface area contributed by atoms with E-state index in [1.54, 1.807) is 30.3 Å². The molecule has 2 aromatic carbocycles. The lowest BCUT2D eigenvalue weighted by Gasteiger charge is -2.02. The van der Waals surface area contributed by atoms with Crippen molar-refractivity contribution in [2.45, 2.75) is 5.22 Å². The lowest BCUT2D eigenvalue weighted by atomic mass is 10.3. The fraction of sp³-hybridized carbons (Fsp3) is 0. The largest absolute Gasteiger partial charge is 0.431 e. The smallest absolute Gasteiger partial charge is 0.292 e. The Morgan fingerprint density at radius 2 is 2.05 bits per heavy atom. The molecule has 0 aliphatic rings. The predicted octanol–water partition coefficient (Wildman–Crippen LogP) is 4.81. The number of aromatic nitrogens is 1. The second kappa shape index (κ2) is 5.56. The number of fused-ring (bicyclic) bond motifs is 1. The summed E-state index contributed by atoms with van der Waals surface area (Å²) in [4.78, 5) is 16.1. The van der Waals surface area contributed by atoms with Crippen LogP contribution in [0.4, 0.5) is 10.5 Å². The Balaban J connectivity index is 1.72. The van der Waals surface area contributed by atoms with Crippen molar-refractivity contribution < 1.29 is 9.21 Å². The highest BCUT2D eigenvalue weighted by molar-refractivity contribution is 8.13. The molecule has 1 aromatic heterocycles. The Bertz CT molecular complexity index is 739. The third-order valence-electron chi connectivity index (χ3n) is 2.53. The van der Waals surface area contributed by atoms with E-state index in [0.29, 0.717) is 21.5 Å². The third-order valence-corrected chi connectivity index (χ3v) is 3.40. The van der Waals surface area contributed by atoms with Crippen LogP contribution in [0.2, 0.25) is 5.02 Å². The molecule has 0 fully saturated rings. The van der Waals surface area contributed by atoms with Crippen LogP contribution in [-0.4, -0.2) is 10.2 Å². The number of para-hydroxylation sites is 2. The first-order valence-electron chi connectivity index (χ1n) is 5.81. The molecule has 20 heavy (non-hydrogen) atoms. The topological polar surface area (TPSA) is 55.1 Å². The highest BCUT2D eigenvalue weighted by Crippen LogP contribution is 2.25. The minimum absolute atomic E-state index is 0.279. The number of amides is 1. The first-order chi connectivity index (χ1) is 9.70. The zero-order chi connectivity index (χ0) is 13.9. The van der Waals surface area contributed by atoms with E-state index in [2.05, 4.69) is 10.3 Å². The second-order valence-electron chi connectivity index (χ2n) is 3.97. The number of oxazole rings is 1. The van der Waals surface area contributed by atoms with Crippen molar-refractivity contribution in [3.63, 3.8) is 0 Å². The van der Waals surface area contributed by atoms with E-state index in [4.69, 9.17) is 16.0 Å². The van der Waals surface area contributed by atoms with Crippen LogP contribution in [0.25, 0.3) is 11.1 Å². The summed E-state index contributed by atoms with van der Waals surface area (Å²) in [5.41, 5.74) is 2.02. The maximum absolute atomic E-state index is 11.9. The van der Waals surface area contributed by atoms with Gasteiger partial charge in [-0.1, -0.05) is 29.8 Å². The minimum atomic E-state index is -0.279. The number of anilines is 1. The fourth-order valence-corrected chi connectivity index (χ4v) is 2.48. The van der Waals surface area contributed by atoms with Crippen LogP contribution in [0.3, 0.4) is 0 Å². The zero-order valence-electron chi connectivity index (χ0n) is 10.2. The molecule has 0 unspecified atom stereocenters. The predicted molar refractivity (Wildman–Crippen MR) is 80.3 cm³/mol. The molecule has 0 atom stereocenters. The molecule has 1 amide bonds. The van der Waals surface area contributed by atoms with Gasteiger partial charge in [-0.2, -0.15) is 0 Å². The van der Waals surface area contributed by atoms with Gasteiger partial charge in [-0.05, 0) is 30.3 Å². The molecule has 0 spiro atoms. The van der Waals surface area contributed by atoms with Gasteiger partial charge in [-0.3, -0.25) is 4.79 Å². The van der Waals surface area contributed by atoms with Crippen molar-refractivity contribution in [1.82, 2.24) is 4.98 Å². The van der Waals surface area contributed by atoms with Crippen molar-refractivity contribution in [1.29, 1.82) is 0 Å². The standard InChI is InChI=1S/C14H9ClN2O2S/c15-9-4-3-5-10(8-9)16-13(18)20-14-17-11-6-1-2-7-12(11)19-14/h1-8H,(H,16,18). The summed E-state index contributed by atoms with van der Waals surface area (Å²) in [6, 6.07) is 14.3. The molecule has 0 aliphatic carbocycles. The fourth-order valence-electron chi connectivity index (χ4n) is 1.68. The van der Waals surface area contributed by atoms with Crippen LogP contribution >= 0.6 is 23.4 Å². The molecular weight excluding hydrogens is 296 g/mol. The number of benzene rings is 2. The van der Waals surface area contributed by atoms with E-state index in [-0.39, 0.29) is 5.24 Å². The normalized spacial score (nSPS) is 10.7. The Kier molecular flexibility index (Phi) is 3.62. The van der Waals surface area contributed by atoms with Crippen LogP contribution in [0.15, 0.2) is 58.2 Å². The summed E-state index contributed by atoms with van der Waals surface area (Å²) in [6.07, 6.45) is 0. The lowest BCUT2D eigenvalue weighted by molar-refractivity contribution is 0.269. The number of nitrogens with one attached hydrogen (secondary N) is 1. The van der Waals surface area contributed by atoms with Crippen molar-refractivity contribution in [2.75, 3.05) is 5.32 Å². The van der Waals surface area contributed by atoms with E-state index >= 15 is 0 Å². The van der Waals surface area contributed by atoms with Gasteiger partial charge in [-0.25, -0.2) is 4.98 Å². The molecule has 0 radical (unpaired) electrons. The van der Waals surface area contributed by atoms with Crippen LogP contribution in [0, 0.1) is 0 Å². The number of carbonyl (C=O) groups excluding carboxylic acids is 1. The number of halogens is 1. The van der Waals surface area contributed by atoms with Crippen molar-refractivity contribution in [3.8, 4) is 0 Å². The van der Waals surface area contributed by atoms with Gasteiger partial charge < -0.3 is 9.73 Å². The molecule has 3 aromatic rings. The van der Waals surface area contributed by atoms with Crippen LogP contribution in [0.1, 0.15) is 0 Å². The first-order valence-corrected chi connectivity index (χ1v) is 7.00. The summed E-state index contributed by atoms with van der Waals surface area (Å²) in [5.74, 6) is 0. The summed E-state index contributed by atoms with van der Waals surface area (Å²) in [7, 11) is 0. The number of carbonyl (C=O) groups is 1. The van der Waals surface area contributed by atoms with Crippen molar-refractivity contribution in [2.24, 2.45) is 0 Å². The van der Waals surface area contributed by atoms with Gasteiger partial charge in [0.05, 0.1) is 0 Å². The van der Waals surface area contributed by atoms with E-state index in [0.717, 1.165) is 17.3 Å². The molecule has 6 heteroatoms. The lowest BCUT2D eigenvalue weighted by Crippen LogP contribution is -2.04. The quantitative estimate of drug-likeness (QED) is 0.691. The van der Waals surface area contributed by atoms with Crippen molar-refractivity contribution >= 4 is 45.4 Å². The Labute approximate surface area is 124 Å². The van der Waals surface area contributed by atoms with Gasteiger partial charge in [0.25, 0.3) is 10.5 Å². The average molecular weight is 305 g/mol. The maximum atomic E-state index is 11.9. The maximum Gasteiger partial charge on any atom is 0.292 e. The highest BCUT2D eigenvalue weighted by atomic mass is 35.5. The molecule has 100 valence electrons. The van der Waals surface area contributed by atoms with E-state index in [9.17, 15) is 4.79 Å². The van der Waals surface area contributed by atoms with Gasteiger partial charge >= 0.3 is 0 Å². The number of hydrogen-bond donors (Lipinski definition) is 1. The molecule has 4 nitrogen and oxygen atoms in total. The van der Waals surface area contributed by atoms with Gasteiger partial charge in [0.2, 0.25) is 0 Å². The molecule has 0 saturated heterocycles. The summed E-state index contributed by atoms with van der Waals surface area (Å²) >= 11 is 6.75. The summed E-state index contributed by atoms with van der Waals surface area (Å²) < 4.78 is 5.47. The summed E-state index contributed by atoms with van der Waals surface area (Å²) in [5, 5.41) is 3.31. The monoisotopic (exact) mass is 304 g/mol. The first kappa shape index (κ1) is 13.0. The number of rotatable bonds is 2. The van der Waals surface area contributed by atoms with Crippen LogP contribution in [0.5, 0.6) is 0 Å². The molecule has 0 aliphatic heterocycles. The molecule has 1 heterocycles. The third kappa shape index (κ3) is 2.95. The molecule has 1 N–H and O–H groups in total. The summed E-state index contributed by atoms with van der Waals surface area (Å²) in [6.45, 7) is 0. The van der Waals surface area contributed by atoms with E-state index in [1.807, 2.05) is 18.2 Å². The molecule has 3 rings (SSSR count). The van der Waals surface area contributed by atoms with Crippen LogP contribution in [-0.2, 0) is 0 Å². The average Bonchev–Trinajstić information content (AvgIpc) is 2.80. The number of nitrogens with zero attached hydrogens (tertiary/aromatic N) is 1. The van der Waals surface area contributed by atoms with E-state index in [1.165, 1.54) is 0 Å². The Morgan fingerprint density at radius 1 is 1.20 bits per heavy atom. The molecular formula is C14H9ClN2O2S. The second-order valence-corrected chi connectivity index (χ2v) is 5.33. The van der Waals surface area contributed by atoms with Gasteiger partial charge in [-0.15, -0.1) is 0 Å². The number of thioether (sulfide) groups is 1. The SMILES string of the molecule is O=C(Nc1cccc(Cl)c1)Sc1nc2ccccc2o1. The van der Waals surface area contributed by atoms with E-state index < -0.39 is 0 Å². The highest BCUT2D eigenvalue weighted by Gasteiger charge is 2.11.